The van der Waals surface area contributed by atoms with E-state index in [2.05, 4.69) is 10.1 Å². The highest BCUT2D eigenvalue weighted by Gasteiger charge is 2.31. The molecule has 0 spiro atoms. The molecule has 7 rings (SSSR count). The van der Waals surface area contributed by atoms with Crippen LogP contribution in [0.1, 0.15) is 21.5 Å². The molecule has 4 aromatic carbocycles. The predicted octanol–water partition coefficient (Wildman–Crippen LogP) is 6.73. The molecule has 3 heterocycles. The number of pyridine rings is 1. The van der Waals surface area contributed by atoms with E-state index in [0.717, 1.165) is 11.1 Å². The molecule has 7 aromatic rings. The molecule has 10 nitrogen and oxygen atoms in total. The molecule has 0 amide bonds. The molecule has 49 heavy (non-hydrogen) atoms. The number of benzene rings is 4. The van der Waals surface area contributed by atoms with Crippen molar-refractivity contribution in [1.29, 1.82) is 0 Å². The van der Waals surface area contributed by atoms with Crippen LogP contribution in [0.25, 0.3) is 33.5 Å². The highest BCUT2D eigenvalue weighted by Crippen LogP contribution is 2.39. The Hall–Kier alpha value is -6.07. The van der Waals surface area contributed by atoms with Crippen molar-refractivity contribution in [3.8, 4) is 22.6 Å². The second kappa shape index (κ2) is 13.2. The minimum Gasteiger partial charge on any atom is -0.465 e. The van der Waals surface area contributed by atoms with E-state index in [-0.39, 0.29) is 16.0 Å². The summed E-state index contributed by atoms with van der Waals surface area (Å²) >= 11 is 0. The highest BCUT2D eigenvalue weighted by molar-refractivity contribution is 7.90. The van der Waals surface area contributed by atoms with Gasteiger partial charge in [0, 0.05) is 37.3 Å². The Morgan fingerprint density at radius 1 is 0.776 bits per heavy atom. The fraction of sp³-hybridized carbons (Fsp3) is 0.105. The van der Waals surface area contributed by atoms with Gasteiger partial charge in [0.05, 0.1) is 23.3 Å². The van der Waals surface area contributed by atoms with Crippen LogP contribution in [0.5, 0.6) is 0 Å². The summed E-state index contributed by atoms with van der Waals surface area (Å²) in [6.07, 6.45) is 3.07. The van der Waals surface area contributed by atoms with Crippen LogP contribution >= 0.6 is 0 Å². The topological polar surface area (TPSA) is 112 Å². The Morgan fingerprint density at radius 2 is 1.39 bits per heavy atom. The SMILES string of the molecule is COC(=O)c1cnc(N(Cc2ccccc2)Cc2ccccc2)c2c1cc(-c1cccc(-c3ncn(C)n3)c1)n2S(=O)(=O)c1ccccc1. The minimum atomic E-state index is -4.26. The van der Waals surface area contributed by atoms with Crippen LogP contribution in [0, 0.1) is 0 Å². The summed E-state index contributed by atoms with van der Waals surface area (Å²) in [6, 6.07) is 37.1. The Balaban J connectivity index is 1.55. The molecule has 0 aliphatic rings. The van der Waals surface area contributed by atoms with Crippen molar-refractivity contribution < 1.29 is 17.9 Å². The summed E-state index contributed by atoms with van der Waals surface area (Å²) in [6.45, 7) is 0.838. The fourth-order valence-electron chi connectivity index (χ4n) is 5.92. The van der Waals surface area contributed by atoms with E-state index >= 15 is 0 Å². The molecule has 0 unspecified atom stereocenters. The second-order valence-corrected chi connectivity index (χ2v) is 13.3. The van der Waals surface area contributed by atoms with Crippen LogP contribution < -0.4 is 4.90 Å². The van der Waals surface area contributed by atoms with Gasteiger partial charge in [-0.15, -0.1) is 0 Å². The van der Waals surface area contributed by atoms with Crippen molar-refractivity contribution >= 4 is 32.7 Å². The third-order valence-corrected chi connectivity index (χ3v) is 9.94. The van der Waals surface area contributed by atoms with Gasteiger partial charge in [-0.25, -0.2) is 27.2 Å². The van der Waals surface area contributed by atoms with Crippen molar-refractivity contribution in [2.75, 3.05) is 12.0 Å². The summed E-state index contributed by atoms with van der Waals surface area (Å²) in [5, 5.41) is 4.83. The van der Waals surface area contributed by atoms with Crippen molar-refractivity contribution in [2.24, 2.45) is 7.05 Å². The van der Waals surface area contributed by atoms with Crippen molar-refractivity contribution in [1.82, 2.24) is 23.7 Å². The molecule has 0 saturated carbocycles. The lowest BCUT2D eigenvalue weighted by molar-refractivity contribution is 0.0602. The lowest BCUT2D eigenvalue weighted by atomic mass is 10.1. The highest BCUT2D eigenvalue weighted by atomic mass is 32.2. The molecule has 0 aliphatic heterocycles. The van der Waals surface area contributed by atoms with E-state index in [9.17, 15) is 13.2 Å². The maximum Gasteiger partial charge on any atom is 0.340 e. The van der Waals surface area contributed by atoms with E-state index < -0.39 is 16.0 Å². The quantitative estimate of drug-likeness (QED) is 0.148. The Morgan fingerprint density at radius 3 is 1.98 bits per heavy atom. The molecule has 0 N–H and O–H groups in total. The first kappa shape index (κ1) is 31.5. The van der Waals surface area contributed by atoms with E-state index in [1.165, 1.54) is 17.3 Å². The van der Waals surface area contributed by atoms with Crippen LogP contribution in [0.15, 0.2) is 139 Å². The first-order valence-electron chi connectivity index (χ1n) is 15.6. The number of hydrogen-bond acceptors (Lipinski definition) is 8. The Kier molecular flexibility index (Phi) is 8.50. The minimum absolute atomic E-state index is 0.0865. The molecular formula is C38H32N6O4S. The lowest BCUT2D eigenvalue weighted by Crippen LogP contribution is -2.25. The largest absolute Gasteiger partial charge is 0.465 e. The van der Waals surface area contributed by atoms with E-state index in [1.54, 1.807) is 54.5 Å². The molecule has 11 heteroatoms. The molecule has 244 valence electrons. The molecular weight excluding hydrogens is 637 g/mol. The molecule has 0 bridgehead atoms. The normalized spacial score (nSPS) is 11.5. The third-order valence-electron chi connectivity index (χ3n) is 8.21. The smallest absolute Gasteiger partial charge is 0.340 e. The van der Waals surface area contributed by atoms with Crippen LogP contribution in [0.4, 0.5) is 5.82 Å². The number of methoxy groups -OCH3 is 1. The first-order valence-corrected chi connectivity index (χ1v) is 17.0. The van der Waals surface area contributed by atoms with Crippen LogP contribution in [0.3, 0.4) is 0 Å². The molecule has 0 atom stereocenters. The molecule has 0 radical (unpaired) electrons. The zero-order valence-corrected chi connectivity index (χ0v) is 27.7. The lowest BCUT2D eigenvalue weighted by Gasteiger charge is -2.26. The zero-order valence-electron chi connectivity index (χ0n) is 26.8. The van der Waals surface area contributed by atoms with E-state index in [4.69, 9.17) is 9.72 Å². The first-order chi connectivity index (χ1) is 23.8. The van der Waals surface area contributed by atoms with Crippen LogP contribution in [-0.4, -0.2) is 45.2 Å². The number of carbonyl (C=O) groups is 1. The average molecular weight is 669 g/mol. The zero-order chi connectivity index (χ0) is 34.0. The standard InChI is InChI=1S/C38H32N6O4S/c1-42-26-40-36(41-42)30-18-12-17-29(21-30)34-22-32-33(38(45)48-2)23-39-37(35(32)44(34)49(46,47)31-19-10-5-11-20-31)43(24-27-13-6-3-7-14-27)25-28-15-8-4-9-16-28/h3-23,26H,24-25H2,1-2H3. The van der Waals surface area contributed by atoms with Gasteiger partial charge in [0.25, 0.3) is 10.0 Å². The summed E-state index contributed by atoms with van der Waals surface area (Å²) in [7, 11) is -1.19. The van der Waals surface area contributed by atoms with Crippen molar-refractivity contribution in [2.45, 2.75) is 18.0 Å². The molecule has 0 saturated heterocycles. The summed E-state index contributed by atoms with van der Waals surface area (Å²) < 4.78 is 37.8. The predicted molar refractivity (Wildman–Crippen MR) is 188 cm³/mol. The van der Waals surface area contributed by atoms with Gasteiger partial charge in [-0.1, -0.05) is 97.1 Å². The van der Waals surface area contributed by atoms with Gasteiger partial charge in [0.2, 0.25) is 0 Å². The number of rotatable bonds is 10. The Labute approximate surface area is 283 Å². The average Bonchev–Trinajstić information content (AvgIpc) is 3.77. The maximum atomic E-state index is 14.9. The van der Waals surface area contributed by atoms with E-state index in [0.29, 0.717) is 46.9 Å². The summed E-state index contributed by atoms with van der Waals surface area (Å²) in [4.78, 5) is 24.6. The molecule has 0 fully saturated rings. The number of aromatic nitrogens is 5. The number of carbonyl (C=O) groups excluding carboxylic acids is 1. The van der Waals surface area contributed by atoms with Crippen molar-refractivity contribution in [3.63, 3.8) is 0 Å². The number of hydrogen-bond donors (Lipinski definition) is 0. The number of nitrogens with zero attached hydrogens (tertiary/aromatic N) is 6. The monoisotopic (exact) mass is 668 g/mol. The maximum absolute atomic E-state index is 14.9. The third kappa shape index (κ3) is 6.19. The van der Waals surface area contributed by atoms with Gasteiger partial charge in [0.15, 0.2) is 11.6 Å². The van der Waals surface area contributed by atoms with Gasteiger partial charge >= 0.3 is 5.97 Å². The number of esters is 1. The van der Waals surface area contributed by atoms with Gasteiger partial charge in [0.1, 0.15) is 11.8 Å². The van der Waals surface area contributed by atoms with E-state index in [1.807, 2.05) is 89.8 Å². The molecule has 3 aromatic heterocycles. The number of ether oxygens (including phenoxy) is 1. The molecule has 0 aliphatic carbocycles. The van der Waals surface area contributed by atoms with Crippen LogP contribution in [0.2, 0.25) is 0 Å². The van der Waals surface area contributed by atoms with Gasteiger partial charge < -0.3 is 9.64 Å². The van der Waals surface area contributed by atoms with Crippen molar-refractivity contribution in [3.05, 3.63) is 151 Å². The second-order valence-electron chi connectivity index (χ2n) is 11.5. The van der Waals surface area contributed by atoms with Gasteiger partial charge in [-0.3, -0.25) is 4.68 Å². The Bertz CT molecular complexity index is 2330. The summed E-state index contributed by atoms with van der Waals surface area (Å²) in [5.74, 6) is 0.255. The van der Waals surface area contributed by atoms with Gasteiger partial charge in [-0.2, -0.15) is 5.10 Å². The summed E-state index contributed by atoms with van der Waals surface area (Å²) in [5.41, 5.74) is 4.04. The number of aryl methyl sites for hydroxylation is 1. The number of fused-ring (bicyclic) bond motifs is 1. The van der Waals surface area contributed by atoms with Gasteiger partial charge in [-0.05, 0) is 41.0 Å². The van der Waals surface area contributed by atoms with Crippen LogP contribution in [-0.2, 0) is 34.9 Å². The fourth-order valence-corrected chi connectivity index (χ4v) is 7.47. The number of anilines is 1.